The first-order valence-electron chi connectivity index (χ1n) is 9.48. The van der Waals surface area contributed by atoms with Gasteiger partial charge in [-0.1, -0.05) is 42.1 Å². The van der Waals surface area contributed by atoms with E-state index in [1.165, 1.54) is 0 Å². The number of aromatic nitrogens is 1. The van der Waals surface area contributed by atoms with Crippen LogP contribution < -0.4 is 10.2 Å². The number of thiocarbonyl (C=S) groups is 1. The maximum atomic E-state index is 12.7. The normalized spacial score (nSPS) is 14.9. The second kappa shape index (κ2) is 9.20. The van der Waals surface area contributed by atoms with Crippen LogP contribution in [-0.2, 0) is 18.4 Å². The predicted molar refractivity (Wildman–Crippen MR) is 125 cm³/mol. The van der Waals surface area contributed by atoms with Crippen molar-refractivity contribution in [2.75, 3.05) is 0 Å². The summed E-state index contributed by atoms with van der Waals surface area (Å²) in [5.74, 6) is -0.130. The van der Waals surface area contributed by atoms with E-state index < -0.39 is 5.91 Å². The Morgan fingerprint density at radius 2 is 1.84 bits per heavy atom. The van der Waals surface area contributed by atoms with E-state index in [1.807, 2.05) is 60.3 Å². The van der Waals surface area contributed by atoms with Crippen molar-refractivity contribution < 1.29 is 14.3 Å². The number of carbonyl (C=O) groups excluding carboxylic acids is 2. The molecule has 6 nitrogen and oxygen atoms in total. The molecular weight excluding hydrogens is 430 g/mol. The Balaban J connectivity index is 1.38. The zero-order valence-corrected chi connectivity index (χ0v) is 18.3. The highest BCUT2D eigenvalue weighted by Gasteiger charge is 2.34. The molecule has 1 saturated heterocycles. The van der Waals surface area contributed by atoms with Crippen molar-refractivity contribution in [1.82, 2.24) is 15.0 Å². The van der Waals surface area contributed by atoms with Crippen LogP contribution in [0.1, 0.15) is 21.6 Å². The minimum atomic E-state index is -0.425. The lowest BCUT2D eigenvalue weighted by Gasteiger charge is -2.15. The monoisotopic (exact) mass is 449 g/mol. The van der Waals surface area contributed by atoms with E-state index in [2.05, 4.69) is 5.43 Å². The lowest BCUT2D eigenvalue weighted by atomic mass is 10.2. The van der Waals surface area contributed by atoms with Crippen molar-refractivity contribution in [3.63, 3.8) is 0 Å². The first-order chi connectivity index (χ1) is 15.0. The van der Waals surface area contributed by atoms with Crippen molar-refractivity contribution in [2.24, 2.45) is 7.05 Å². The molecule has 0 atom stereocenters. The van der Waals surface area contributed by atoms with Gasteiger partial charge in [0.2, 0.25) is 0 Å². The van der Waals surface area contributed by atoms with E-state index in [0.29, 0.717) is 22.8 Å². The fraction of sp³-hybridized carbons (Fsp3) is 0.0870. The van der Waals surface area contributed by atoms with E-state index >= 15 is 0 Å². The molecule has 2 heterocycles. The third-order valence-corrected chi connectivity index (χ3v) is 5.94. The first kappa shape index (κ1) is 20.9. The Kier molecular flexibility index (Phi) is 6.20. The number of ether oxygens (including phenoxy) is 1. The van der Waals surface area contributed by atoms with Gasteiger partial charge in [-0.05, 0) is 60.3 Å². The summed E-state index contributed by atoms with van der Waals surface area (Å²) < 4.78 is 7.91. The molecule has 4 rings (SSSR count). The van der Waals surface area contributed by atoms with Crippen LogP contribution in [0.5, 0.6) is 5.75 Å². The molecule has 31 heavy (non-hydrogen) atoms. The first-order valence-corrected chi connectivity index (χ1v) is 10.7. The number of nitrogens with one attached hydrogen (secondary N) is 1. The Labute approximate surface area is 189 Å². The van der Waals surface area contributed by atoms with E-state index in [0.717, 1.165) is 28.0 Å². The van der Waals surface area contributed by atoms with E-state index in [1.54, 1.807) is 30.3 Å². The Hall–Kier alpha value is -3.36. The fourth-order valence-electron chi connectivity index (χ4n) is 2.93. The average molecular weight is 450 g/mol. The topological polar surface area (TPSA) is 63.6 Å². The number of amides is 2. The van der Waals surface area contributed by atoms with Crippen molar-refractivity contribution >= 4 is 46.2 Å². The zero-order chi connectivity index (χ0) is 21.8. The number of benzene rings is 2. The number of nitrogens with zero attached hydrogens (tertiary/aromatic N) is 2. The van der Waals surface area contributed by atoms with Crippen molar-refractivity contribution in [3.8, 4) is 5.75 Å². The molecule has 1 aromatic heterocycles. The van der Waals surface area contributed by atoms with Crippen molar-refractivity contribution in [3.05, 3.63) is 94.7 Å². The second-order valence-electron chi connectivity index (χ2n) is 6.80. The molecule has 0 saturated carbocycles. The molecule has 0 aliphatic carbocycles. The van der Waals surface area contributed by atoms with Crippen LogP contribution in [0.25, 0.3) is 6.08 Å². The highest BCUT2D eigenvalue weighted by atomic mass is 32.2. The molecule has 1 N–H and O–H groups in total. The van der Waals surface area contributed by atoms with Gasteiger partial charge in [0.1, 0.15) is 12.4 Å². The number of hydrazine groups is 1. The molecule has 0 bridgehead atoms. The zero-order valence-electron chi connectivity index (χ0n) is 16.6. The average Bonchev–Trinajstić information content (AvgIpc) is 3.31. The molecule has 1 fully saturated rings. The SMILES string of the molecule is Cn1cccc1C=C1SC(=S)N(NC(=O)c2ccc(OCc3ccccc3)cc2)C1=O. The molecule has 3 aromatic rings. The van der Waals surface area contributed by atoms with Gasteiger partial charge in [-0.15, -0.1) is 0 Å². The third-order valence-electron chi connectivity index (χ3n) is 4.63. The van der Waals surface area contributed by atoms with Gasteiger partial charge >= 0.3 is 0 Å². The summed E-state index contributed by atoms with van der Waals surface area (Å²) in [6.07, 6.45) is 3.64. The molecule has 2 amide bonds. The number of carbonyl (C=O) groups is 2. The summed E-state index contributed by atoms with van der Waals surface area (Å²) in [5, 5.41) is 1.11. The molecule has 1 aliphatic rings. The standard InChI is InChI=1S/C23H19N3O3S2/c1-25-13-5-8-18(25)14-20-22(28)26(23(30)31-20)24-21(27)17-9-11-19(12-10-17)29-15-16-6-3-2-4-7-16/h2-14H,15H2,1H3,(H,24,27). The number of hydrogen-bond donors (Lipinski definition) is 1. The van der Waals surface area contributed by atoms with Crippen LogP contribution in [0.2, 0.25) is 0 Å². The Morgan fingerprint density at radius 1 is 1.10 bits per heavy atom. The third kappa shape index (κ3) is 4.87. The molecule has 0 spiro atoms. The van der Waals surface area contributed by atoms with Gasteiger partial charge in [0.05, 0.1) is 4.91 Å². The summed E-state index contributed by atoms with van der Waals surface area (Å²) in [4.78, 5) is 25.8. The number of hydrogen-bond acceptors (Lipinski definition) is 5. The summed E-state index contributed by atoms with van der Waals surface area (Å²) in [6, 6.07) is 20.3. The molecule has 0 unspecified atom stereocenters. The smallest absolute Gasteiger partial charge is 0.285 e. The van der Waals surface area contributed by atoms with Crippen LogP contribution in [0, 0.1) is 0 Å². The van der Waals surface area contributed by atoms with Gasteiger partial charge in [0, 0.05) is 24.5 Å². The van der Waals surface area contributed by atoms with Gasteiger partial charge in [-0.25, -0.2) is 0 Å². The summed E-state index contributed by atoms with van der Waals surface area (Å²) in [5.41, 5.74) is 4.92. The highest BCUT2D eigenvalue weighted by molar-refractivity contribution is 8.26. The van der Waals surface area contributed by atoms with E-state index in [9.17, 15) is 9.59 Å². The molecule has 156 valence electrons. The van der Waals surface area contributed by atoms with Crippen LogP contribution in [0.3, 0.4) is 0 Å². The summed E-state index contributed by atoms with van der Waals surface area (Å²) in [6.45, 7) is 0.441. The van der Waals surface area contributed by atoms with Crippen LogP contribution >= 0.6 is 24.0 Å². The van der Waals surface area contributed by atoms with Gasteiger partial charge in [-0.3, -0.25) is 15.0 Å². The van der Waals surface area contributed by atoms with Crippen molar-refractivity contribution in [1.29, 1.82) is 0 Å². The number of aryl methyl sites for hydroxylation is 1. The van der Waals surface area contributed by atoms with Crippen LogP contribution in [-0.4, -0.2) is 25.7 Å². The molecule has 2 aromatic carbocycles. The lowest BCUT2D eigenvalue weighted by Crippen LogP contribution is -2.44. The predicted octanol–water partition coefficient (Wildman–Crippen LogP) is 4.15. The minimum absolute atomic E-state index is 0.279. The van der Waals surface area contributed by atoms with Crippen LogP contribution in [0.15, 0.2) is 77.8 Å². The van der Waals surface area contributed by atoms with E-state index in [-0.39, 0.29) is 10.2 Å². The minimum Gasteiger partial charge on any atom is -0.489 e. The van der Waals surface area contributed by atoms with E-state index in [4.69, 9.17) is 17.0 Å². The second-order valence-corrected chi connectivity index (χ2v) is 8.48. The Morgan fingerprint density at radius 3 is 2.52 bits per heavy atom. The Bertz CT molecular complexity index is 1150. The molecule has 0 radical (unpaired) electrons. The maximum Gasteiger partial charge on any atom is 0.285 e. The number of rotatable bonds is 6. The largest absolute Gasteiger partial charge is 0.489 e. The summed E-state index contributed by atoms with van der Waals surface area (Å²) in [7, 11) is 1.89. The fourth-order valence-corrected chi connectivity index (χ4v) is 4.10. The van der Waals surface area contributed by atoms with Gasteiger partial charge in [0.25, 0.3) is 11.8 Å². The number of thioether (sulfide) groups is 1. The van der Waals surface area contributed by atoms with Crippen molar-refractivity contribution in [2.45, 2.75) is 6.61 Å². The van der Waals surface area contributed by atoms with Gasteiger partial charge in [0.15, 0.2) is 4.32 Å². The molecular formula is C23H19N3O3S2. The molecule has 8 heteroatoms. The molecule has 1 aliphatic heterocycles. The van der Waals surface area contributed by atoms with Gasteiger partial charge < -0.3 is 9.30 Å². The van der Waals surface area contributed by atoms with Gasteiger partial charge in [-0.2, -0.15) is 5.01 Å². The summed E-state index contributed by atoms with van der Waals surface area (Å²) >= 11 is 6.43. The highest BCUT2D eigenvalue weighted by Crippen LogP contribution is 2.31. The lowest BCUT2D eigenvalue weighted by molar-refractivity contribution is -0.123. The quantitative estimate of drug-likeness (QED) is 0.453. The maximum absolute atomic E-state index is 12.7. The van der Waals surface area contributed by atoms with Crippen LogP contribution in [0.4, 0.5) is 0 Å².